The fourth-order valence-electron chi connectivity index (χ4n) is 3.61. The van der Waals surface area contributed by atoms with E-state index in [9.17, 15) is 0 Å². The van der Waals surface area contributed by atoms with Crippen LogP contribution >= 0.6 is 0 Å². The Morgan fingerprint density at radius 1 is 0.833 bits per heavy atom. The van der Waals surface area contributed by atoms with Crippen LogP contribution in [0.4, 0.5) is 0 Å². The van der Waals surface area contributed by atoms with Crippen molar-refractivity contribution in [2.45, 2.75) is 20.4 Å². The first-order valence-electron chi connectivity index (χ1n) is 9.76. The van der Waals surface area contributed by atoms with E-state index in [4.69, 9.17) is 14.0 Å². The summed E-state index contributed by atoms with van der Waals surface area (Å²) < 4.78 is 12.9. The van der Waals surface area contributed by atoms with Gasteiger partial charge in [0.05, 0.1) is 17.8 Å². The van der Waals surface area contributed by atoms with Gasteiger partial charge >= 0.3 is 0 Å². The molecule has 5 aromatic rings. The van der Waals surface area contributed by atoms with Gasteiger partial charge in [-0.2, -0.15) is 0 Å². The highest BCUT2D eigenvalue weighted by atomic mass is 16.5. The molecule has 3 aromatic heterocycles. The zero-order valence-electron chi connectivity index (χ0n) is 16.7. The average Bonchev–Trinajstić information content (AvgIpc) is 3.48. The van der Waals surface area contributed by atoms with Crippen molar-refractivity contribution < 1.29 is 9.05 Å². The minimum absolute atomic E-state index is 0.555. The Morgan fingerprint density at radius 2 is 1.53 bits per heavy atom. The molecule has 3 heterocycles. The molecule has 0 amide bonds. The number of rotatable bonds is 5. The van der Waals surface area contributed by atoms with Crippen molar-refractivity contribution in [2.75, 3.05) is 0 Å². The first kappa shape index (κ1) is 18.1. The third-order valence-corrected chi connectivity index (χ3v) is 4.98. The molecule has 6 nitrogen and oxygen atoms in total. The van der Waals surface area contributed by atoms with Crippen molar-refractivity contribution in [3.8, 4) is 33.9 Å². The van der Waals surface area contributed by atoms with E-state index in [1.165, 1.54) is 0 Å². The van der Waals surface area contributed by atoms with E-state index in [-0.39, 0.29) is 0 Å². The molecule has 0 N–H and O–H groups in total. The predicted octanol–water partition coefficient (Wildman–Crippen LogP) is 5.53. The second-order valence-corrected chi connectivity index (χ2v) is 7.20. The summed E-state index contributed by atoms with van der Waals surface area (Å²) in [5.74, 6) is 2.37. The summed E-state index contributed by atoms with van der Waals surface area (Å²) in [6, 6.07) is 22.1. The summed E-state index contributed by atoms with van der Waals surface area (Å²) in [7, 11) is 0. The van der Waals surface area contributed by atoms with Crippen LogP contribution in [0.25, 0.3) is 33.9 Å². The van der Waals surface area contributed by atoms with Crippen LogP contribution in [0, 0.1) is 13.8 Å². The van der Waals surface area contributed by atoms with Gasteiger partial charge in [-0.3, -0.25) is 0 Å². The molecule has 0 unspecified atom stereocenters. The Hall–Kier alpha value is -3.93. The number of hydrogen-bond donors (Lipinski definition) is 0. The topological polar surface area (TPSA) is 69.9 Å². The van der Waals surface area contributed by atoms with Gasteiger partial charge in [-0.05, 0) is 13.8 Å². The fraction of sp³-hybridized carbons (Fsp3) is 0.125. The molecule has 0 spiro atoms. The second kappa shape index (κ2) is 7.48. The van der Waals surface area contributed by atoms with Crippen molar-refractivity contribution in [2.24, 2.45) is 0 Å². The van der Waals surface area contributed by atoms with Crippen LogP contribution in [0.1, 0.15) is 17.2 Å². The molecule has 0 radical (unpaired) electrons. The van der Waals surface area contributed by atoms with Crippen molar-refractivity contribution in [1.29, 1.82) is 0 Å². The Bertz CT molecular complexity index is 1280. The van der Waals surface area contributed by atoms with E-state index in [1.807, 2.05) is 74.6 Å². The van der Waals surface area contributed by atoms with Crippen LogP contribution in [0.2, 0.25) is 0 Å². The first-order valence-corrected chi connectivity index (χ1v) is 9.76. The smallest absolute Gasteiger partial charge is 0.143 e. The molecule has 0 saturated heterocycles. The van der Waals surface area contributed by atoms with Crippen LogP contribution in [-0.4, -0.2) is 19.9 Å². The number of nitrogens with zero attached hydrogens (tertiary/aromatic N) is 4. The molecular formula is C24H20N4O2. The quantitative estimate of drug-likeness (QED) is 0.391. The van der Waals surface area contributed by atoms with Crippen molar-refractivity contribution >= 4 is 0 Å². The van der Waals surface area contributed by atoms with Gasteiger partial charge in [-0.25, -0.2) is 4.98 Å². The highest BCUT2D eigenvalue weighted by molar-refractivity contribution is 5.81. The van der Waals surface area contributed by atoms with Crippen molar-refractivity contribution in [3.05, 3.63) is 90.1 Å². The molecule has 0 saturated carbocycles. The highest BCUT2D eigenvalue weighted by Gasteiger charge is 2.21. The third kappa shape index (κ3) is 3.33. The van der Waals surface area contributed by atoms with Crippen LogP contribution in [0.15, 0.2) is 82.0 Å². The largest absolute Gasteiger partial charge is 0.361 e. The zero-order valence-corrected chi connectivity index (χ0v) is 16.7. The van der Waals surface area contributed by atoms with Gasteiger partial charge in [-0.15, -0.1) is 0 Å². The third-order valence-electron chi connectivity index (χ3n) is 4.98. The molecule has 0 bridgehead atoms. The van der Waals surface area contributed by atoms with Crippen molar-refractivity contribution in [3.63, 3.8) is 0 Å². The van der Waals surface area contributed by atoms with E-state index in [2.05, 4.69) is 27.0 Å². The van der Waals surface area contributed by atoms with E-state index in [1.54, 1.807) is 0 Å². The Labute approximate surface area is 173 Å². The number of aryl methyl sites for hydroxylation is 2. The van der Waals surface area contributed by atoms with Gasteiger partial charge in [0.1, 0.15) is 28.7 Å². The maximum Gasteiger partial charge on any atom is 0.143 e. The maximum absolute atomic E-state index is 5.55. The summed E-state index contributed by atoms with van der Waals surface area (Å²) in [5.41, 5.74) is 5.36. The average molecular weight is 396 g/mol. The van der Waals surface area contributed by atoms with E-state index in [0.717, 1.165) is 51.1 Å². The number of aromatic nitrogens is 4. The summed E-state index contributed by atoms with van der Waals surface area (Å²) in [4.78, 5) is 4.98. The monoisotopic (exact) mass is 396 g/mol. The van der Waals surface area contributed by atoms with Crippen LogP contribution < -0.4 is 0 Å². The van der Waals surface area contributed by atoms with Crippen LogP contribution in [0.3, 0.4) is 0 Å². The molecule has 148 valence electrons. The van der Waals surface area contributed by atoms with Crippen molar-refractivity contribution in [1.82, 2.24) is 19.9 Å². The lowest BCUT2D eigenvalue weighted by Crippen LogP contribution is -2.01. The first-order chi connectivity index (χ1) is 14.7. The molecule has 2 aromatic carbocycles. The van der Waals surface area contributed by atoms with Gasteiger partial charge in [0.15, 0.2) is 0 Å². The van der Waals surface area contributed by atoms with Gasteiger partial charge in [0.2, 0.25) is 0 Å². The van der Waals surface area contributed by atoms with E-state index >= 15 is 0 Å². The van der Waals surface area contributed by atoms with E-state index in [0.29, 0.717) is 6.54 Å². The number of imidazole rings is 1. The molecule has 0 aliphatic rings. The summed E-state index contributed by atoms with van der Waals surface area (Å²) >= 11 is 0. The lowest BCUT2D eigenvalue weighted by Gasteiger charge is -2.05. The van der Waals surface area contributed by atoms with Gasteiger partial charge in [0, 0.05) is 23.4 Å². The Balaban J connectivity index is 1.65. The van der Waals surface area contributed by atoms with Crippen LogP contribution in [0.5, 0.6) is 0 Å². The molecule has 5 rings (SSSR count). The lowest BCUT2D eigenvalue weighted by atomic mass is 10.0. The summed E-state index contributed by atoms with van der Waals surface area (Å²) in [6.07, 6.45) is 2.03. The molecule has 30 heavy (non-hydrogen) atoms. The summed E-state index contributed by atoms with van der Waals surface area (Å²) in [6.45, 7) is 4.36. The molecular weight excluding hydrogens is 376 g/mol. The second-order valence-electron chi connectivity index (χ2n) is 7.20. The molecule has 0 fully saturated rings. The number of benzene rings is 2. The Morgan fingerprint density at radius 3 is 2.20 bits per heavy atom. The SMILES string of the molecule is Cc1cc(Cn2cc(-c3c(-c4ccccc4)noc3C)nc2-c2ccccc2)no1. The minimum atomic E-state index is 0.555. The molecule has 0 atom stereocenters. The predicted molar refractivity (Wildman–Crippen MR) is 114 cm³/mol. The minimum Gasteiger partial charge on any atom is -0.361 e. The van der Waals surface area contributed by atoms with Crippen LogP contribution in [-0.2, 0) is 6.54 Å². The molecule has 6 heteroatoms. The maximum atomic E-state index is 5.55. The van der Waals surface area contributed by atoms with Gasteiger partial charge in [0.25, 0.3) is 0 Å². The van der Waals surface area contributed by atoms with E-state index < -0.39 is 0 Å². The highest BCUT2D eigenvalue weighted by Crippen LogP contribution is 2.35. The van der Waals surface area contributed by atoms with Gasteiger partial charge < -0.3 is 13.6 Å². The number of hydrogen-bond acceptors (Lipinski definition) is 5. The fourth-order valence-corrected chi connectivity index (χ4v) is 3.61. The zero-order chi connectivity index (χ0) is 20.5. The molecule has 0 aliphatic carbocycles. The van der Waals surface area contributed by atoms with Gasteiger partial charge in [-0.1, -0.05) is 71.0 Å². The molecule has 0 aliphatic heterocycles. The normalized spacial score (nSPS) is 11.1. The summed E-state index contributed by atoms with van der Waals surface area (Å²) in [5, 5.41) is 8.46. The standard InChI is InChI=1S/C24H20N4O2/c1-16-13-20(26-29-16)14-28-15-21(25-24(28)19-11-7-4-8-12-19)22-17(2)30-27-23(22)18-9-5-3-6-10-18/h3-13,15H,14H2,1-2H3. The lowest BCUT2D eigenvalue weighted by molar-refractivity contribution is 0.389. The Kier molecular flexibility index (Phi) is 4.52.